The van der Waals surface area contributed by atoms with Crippen LogP contribution >= 0.6 is 0 Å². The molecule has 0 radical (unpaired) electrons. The third-order valence-electron chi connectivity index (χ3n) is 3.67. The number of phenols is 1. The Kier molecular flexibility index (Phi) is 5.83. The normalized spacial score (nSPS) is 18.0. The highest BCUT2D eigenvalue weighted by Crippen LogP contribution is 2.35. The molecule has 6 nitrogen and oxygen atoms in total. The highest BCUT2D eigenvalue weighted by molar-refractivity contribution is 6.02. The first kappa shape index (κ1) is 18.3. The van der Waals surface area contributed by atoms with E-state index in [9.17, 15) is 19.8 Å². The fraction of sp³-hybridized carbons (Fsp3) is 0.556. The first-order valence-electron chi connectivity index (χ1n) is 8.15. The molecule has 1 aromatic rings. The standard InChI is InChI=1S/C18H24O6/c1-10(2)9-23-17(22)6-12-5-13(20)7-16-18(12)15(21)8-14(24-16)4-11(3)19/h5,7,10-11,14,19-20H,4,6,8-9H2,1-3H3/t11-,14-/m0/s1. The molecule has 0 saturated heterocycles. The number of aliphatic hydroxyl groups is 1. The SMILES string of the molecule is CC(C)COC(=O)Cc1cc(O)cc2c1C(=O)C[C@H](C[C@H](C)O)O2. The number of aromatic hydroxyl groups is 1. The highest BCUT2D eigenvalue weighted by Gasteiger charge is 2.30. The van der Waals surface area contributed by atoms with Crippen molar-refractivity contribution in [3.05, 3.63) is 23.3 Å². The summed E-state index contributed by atoms with van der Waals surface area (Å²) in [7, 11) is 0. The number of aliphatic hydroxyl groups excluding tert-OH is 1. The molecule has 2 atom stereocenters. The molecule has 0 aromatic heterocycles. The van der Waals surface area contributed by atoms with Crippen LogP contribution in [0.1, 0.15) is 49.5 Å². The van der Waals surface area contributed by atoms with Gasteiger partial charge in [0.2, 0.25) is 0 Å². The van der Waals surface area contributed by atoms with Gasteiger partial charge in [-0.1, -0.05) is 13.8 Å². The minimum absolute atomic E-state index is 0.0779. The Morgan fingerprint density at radius 2 is 2.08 bits per heavy atom. The predicted molar refractivity (Wildman–Crippen MR) is 87.3 cm³/mol. The summed E-state index contributed by atoms with van der Waals surface area (Å²) in [4.78, 5) is 24.4. The van der Waals surface area contributed by atoms with Gasteiger partial charge in [0, 0.05) is 18.9 Å². The van der Waals surface area contributed by atoms with E-state index in [2.05, 4.69) is 0 Å². The molecule has 1 aliphatic heterocycles. The summed E-state index contributed by atoms with van der Waals surface area (Å²) in [5, 5.41) is 19.3. The van der Waals surface area contributed by atoms with Crippen LogP contribution in [0.15, 0.2) is 12.1 Å². The number of fused-ring (bicyclic) bond motifs is 1. The highest BCUT2D eigenvalue weighted by atomic mass is 16.5. The van der Waals surface area contributed by atoms with Gasteiger partial charge in [0.25, 0.3) is 0 Å². The first-order chi connectivity index (χ1) is 11.3. The van der Waals surface area contributed by atoms with E-state index in [1.54, 1.807) is 6.92 Å². The van der Waals surface area contributed by atoms with E-state index in [4.69, 9.17) is 9.47 Å². The number of ether oxygens (including phenoxy) is 2. The second kappa shape index (κ2) is 7.66. The van der Waals surface area contributed by atoms with Gasteiger partial charge in [0.15, 0.2) is 5.78 Å². The summed E-state index contributed by atoms with van der Waals surface area (Å²) < 4.78 is 10.9. The van der Waals surface area contributed by atoms with Crippen LogP contribution in [0, 0.1) is 5.92 Å². The molecule has 6 heteroatoms. The number of hydrogen-bond acceptors (Lipinski definition) is 6. The van der Waals surface area contributed by atoms with Crippen LogP contribution in [-0.4, -0.2) is 40.8 Å². The second-order valence-electron chi connectivity index (χ2n) is 6.68. The molecule has 1 heterocycles. The number of hydrogen-bond donors (Lipinski definition) is 2. The lowest BCUT2D eigenvalue weighted by Crippen LogP contribution is -2.30. The quantitative estimate of drug-likeness (QED) is 0.774. The molecule has 0 saturated carbocycles. The minimum Gasteiger partial charge on any atom is -0.508 e. The zero-order chi connectivity index (χ0) is 17.9. The van der Waals surface area contributed by atoms with E-state index in [0.717, 1.165) is 0 Å². The summed E-state index contributed by atoms with van der Waals surface area (Å²) in [6, 6.07) is 2.76. The second-order valence-corrected chi connectivity index (χ2v) is 6.68. The Hall–Kier alpha value is -2.08. The Morgan fingerprint density at radius 1 is 1.38 bits per heavy atom. The third-order valence-corrected chi connectivity index (χ3v) is 3.67. The molecule has 0 spiro atoms. The summed E-state index contributed by atoms with van der Waals surface area (Å²) in [5.74, 6) is -0.211. The molecule has 0 fully saturated rings. The van der Waals surface area contributed by atoms with Gasteiger partial charge < -0.3 is 19.7 Å². The lowest BCUT2D eigenvalue weighted by molar-refractivity contribution is -0.143. The summed E-state index contributed by atoms with van der Waals surface area (Å²) in [6.07, 6.45) is -0.664. The Labute approximate surface area is 141 Å². The van der Waals surface area contributed by atoms with Crippen molar-refractivity contribution in [1.82, 2.24) is 0 Å². The van der Waals surface area contributed by atoms with Crippen LogP contribution in [-0.2, 0) is 16.0 Å². The summed E-state index contributed by atoms with van der Waals surface area (Å²) in [5.41, 5.74) is 0.718. The van der Waals surface area contributed by atoms with Crippen LogP contribution in [0.2, 0.25) is 0 Å². The van der Waals surface area contributed by atoms with Crippen molar-refractivity contribution >= 4 is 11.8 Å². The molecule has 132 valence electrons. The number of Topliss-reactive ketones (excluding diaryl/α,β-unsaturated/α-hetero) is 1. The van der Waals surface area contributed by atoms with Crippen LogP contribution in [0.5, 0.6) is 11.5 Å². The molecule has 0 amide bonds. The molecule has 0 bridgehead atoms. The van der Waals surface area contributed by atoms with E-state index in [1.807, 2.05) is 13.8 Å². The summed E-state index contributed by atoms with van der Waals surface area (Å²) >= 11 is 0. The number of carbonyl (C=O) groups excluding carboxylic acids is 2. The van der Waals surface area contributed by atoms with E-state index >= 15 is 0 Å². The molecular formula is C18H24O6. The molecule has 2 N–H and O–H groups in total. The molecule has 2 rings (SSSR count). The molecular weight excluding hydrogens is 312 g/mol. The number of phenolic OH excluding ortho intramolecular Hbond substituents is 1. The predicted octanol–water partition coefficient (Wildman–Crippen LogP) is 2.24. The maximum Gasteiger partial charge on any atom is 0.310 e. The number of ketones is 1. The Bertz CT molecular complexity index is 620. The van der Waals surface area contributed by atoms with Gasteiger partial charge in [-0.3, -0.25) is 9.59 Å². The molecule has 1 aromatic carbocycles. The molecule has 24 heavy (non-hydrogen) atoms. The molecule has 0 aliphatic carbocycles. The first-order valence-corrected chi connectivity index (χ1v) is 8.15. The number of rotatable bonds is 6. The fourth-order valence-electron chi connectivity index (χ4n) is 2.71. The van der Waals surface area contributed by atoms with Crippen LogP contribution in [0.4, 0.5) is 0 Å². The fourth-order valence-corrected chi connectivity index (χ4v) is 2.71. The van der Waals surface area contributed by atoms with Crippen LogP contribution < -0.4 is 4.74 Å². The lowest BCUT2D eigenvalue weighted by atomic mass is 9.92. The van der Waals surface area contributed by atoms with Gasteiger partial charge in [-0.2, -0.15) is 0 Å². The van der Waals surface area contributed by atoms with Crippen molar-refractivity contribution < 1.29 is 29.3 Å². The Balaban J connectivity index is 2.21. The minimum atomic E-state index is -0.591. The van der Waals surface area contributed by atoms with Gasteiger partial charge in [-0.05, 0) is 24.5 Å². The average Bonchev–Trinajstić information content (AvgIpc) is 2.43. The van der Waals surface area contributed by atoms with E-state index in [0.29, 0.717) is 24.2 Å². The topological polar surface area (TPSA) is 93.1 Å². The van der Waals surface area contributed by atoms with Gasteiger partial charge in [-0.25, -0.2) is 0 Å². The van der Waals surface area contributed by atoms with Gasteiger partial charge >= 0.3 is 5.97 Å². The molecule has 0 unspecified atom stereocenters. The zero-order valence-corrected chi connectivity index (χ0v) is 14.2. The number of carbonyl (C=O) groups is 2. The van der Waals surface area contributed by atoms with E-state index in [-0.39, 0.29) is 36.0 Å². The maximum atomic E-state index is 12.5. The van der Waals surface area contributed by atoms with Crippen molar-refractivity contribution in [2.24, 2.45) is 5.92 Å². The van der Waals surface area contributed by atoms with Gasteiger partial charge in [0.05, 0.1) is 24.7 Å². The van der Waals surface area contributed by atoms with E-state index in [1.165, 1.54) is 12.1 Å². The number of benzene rings is 1. The van der Waals surface area contributed by atoms with E-state index < -0.39 is 18.2 Å². The van der Waals surface area contributed by atoms with Gasteiger partial charge in [0.1, 0.15) is 17.6 Å². The summed E-state index contributed by atoms with van der Waals surface area (Å²) in [6.45, 7) is 5.80. The van der Waals surface area contributed by atoms with Crippen molar-refractivity contribution in [2.45, 2.75) is 52.2 Å². The number of esters is 1. The Morgan fingerprint density at radius 3 is 2.71 bits per heavy atom. The van der Waals surface area contributed by atoms with Crippen molar-refractivity contribution in [1.29, 1.82) is 0 Å². The smallest absolute Gasteiger partial charge is 0.310 e. The largest absolute Gasteiger partial charge is 0.508 e. The van der Waals surface area contributed by atoms with Crippen molar-refractivity contribution in [3.8, 4) is 11.5 Å². The third kappa shape index (κ3) is 4.71. The maximum absolute atomic E-state index is 12.5. The molecule has 1 aliphatic rings. The van der Waals surface area contributed by atoms with Gasteiger partial charge in [-0.15, -0.1) is 0 Å². The average molecular weight is 336 g/mol. The van der Waals surface area contributed by atoms with Crippen LogP contribution in [0.3, 0.4) is 0 Å². The lowest BCUT2D eigenvalue weighted by Gasteiger charge is -2.27. The zero-order valence-electron chi connectivity index (χ0n) is 14.2. The van der Waals surface area contributed by atoms with Crippen LogP contribution in [0.25, 0.3) is 0 Å². The van der Waals surface area contributed by atoms with Crippen molar-refractivity contribution in [3.63, 3.8) is 0 Å². The van der Waals surface area contributed by atoms with Crippen molar-refractivity contribution in [2.75, 3.05) is 6.61 Å². The monoisotopic (exact) mass is 336 g/mol.